The molecule has 0 bridgehead atoms. The van der Waals surface area contributed by atoms with Gasteiger partial charge < -0.3 is 0 Å². The Kier molecular flexibility index (Phi) is 5.96. The SMILES string of the molecule is Cc1cc(F)c(CCc2cc(F)c(C#Cc3ccc4cc(F)ccc4c3)c(F)c2)c(F)c1. The zero-order valence-corrected chi connectivity index (χ0v) is 17.1. The van der Waals surface area contributed by atoms with Gasteiger partial charge in [0.2, 0.25) is 0 Å². The van der Waals surface area contributed by atoms with Gasteiger partial charge in [-0.15, -0.1) is 0 Å². The molecule has 0 aliphatic carbocycles. The van der Waals surface area contributed by atoms with Crippen molar-refractivity contribution in [3.8, 4) is 11.8 Å². The number of fused-ring (bicyclic) bond motifs is 1. The molecule has 0 unspecified atom stereocenters. The van der Waals surface area contributed by atoms with E-state index >= 15 is 0 Å². The van der Waals surface area contributed by atoms with Crippen molar-refractivity contribution in [2.45, 2.75) is 19.8 Å². The molecule has 0 saturated heterocycles. The Bertz CT molecular complexity index is 1350. The molecule has 0 nitrogen and oxygen atoms in total. The lowest BCUT2D eigenvalue weighted by Crippen LogP contribution is -2.01. The number of aryl methyl sites for hydroxylation is 2. The summed E-state index contributed by atoms with van der Waals surface area (Å²) in [4.78, 5) is 0. The molecule has 0 saturated carbocycles. The number of benzene rings is 4. The minimum atomic E-state index is -0.847. The van der Waals surface area contributed by atoms with Gasteiger partial charge in [0.25, 0.3) is 0 Å². The van der Waals surface area contributed by atoms with Gasteiger partial charge in [0, 0.05) is 11.1 Å². The summed E-state index contributed by atoms with van der Waals surface area (Å²) in [5.74, 6) is 1.83. The van der Waals surface area contributed by atoms with Crippen LogP contribution in [0.2, 0.25) is 0 Å². The second-order valence-corrected chi connectivity index (χ2v) is 7.60. The molecule has 5 heteroatoms. The van der Waals surface area contributed by atoms with Crippen LogP contribution in [0.25, 0.3) is 10.8 Å². The Morgan fingerprint density at radius 3 is 1.94 bits per heavy atom. The summed E-state index contributed by atoms with van der Waals surface area (Å²) in [5.41, 5.74) is 0.759. The molecule has 0 aromatic heterocycles. The third-order valence-electron chi connectivity index (χ3n) is 5.19. The lowest BCUT2D eigenvalue weighted by atomic mass is 10.0. The van der Waals surface area contributed by atoms with Crippen LogP contribution in [0.15, 0.2) is 60.7 Å². The normalized spacial score (nSPS) is 10.8. The van der Waals surface area contributed by atoms with E-state index in [-0.39, 0.29) is 35.3 Å². The molecule has 0 aliphatic rings. The third kappa shape index (κ3) is 4.65. The highest BCUT2D eigenvalue weighted by atomic mass is 19.1. The molecule has 4 rings (SSSR count). The summed E-state index contributed by atoms with van der Waals surface area (Å²) >= 11 is 0. The van der Waals surface area contributed by atoms with Crippen molar-refractivity contribution in [2.75, 3.05) is 0 Å². The first-order valence-electron chi connectivity index (χ1n) is 9.94. The Morgan fingerprint density at radius 2 is 1.25 bits per heavy atom. The van der Waals surface area contributed by atoms with E-state index in [1.165, 1.54) is 24.3 Å². The van der Waals surface area contributed by atoms with Crippen LogP contribution in [0.4, 0.5) is 22.0 Å². The van der Waals surface area contributed by atoms with Crippen LogP contribution >= 0.6 is 0 Å². The van der Waals surface area contributed by atoms with Crippen molar-refractivity contribution in [2.24, 2.45) is 0 Å². The fourth-order valence-corrected chi connectivity index (χ4v) is 3.56. The van der Waals surface area contributed by atoms with Crippen molar-refractivity contribution < 1.29 is 22.0 Å². The molecule has 0 spiro atoms. The molecule has 0 fully saturated rings. The summed E-state index contributed by atoms with van der Waals surface area (Å²) in [7, 11) is 0. The molecule has 0 atom stereocenters. The van der Waals surface area contributed by atoms with E-state index in [9.17, 15) is 22.0 Å². The maximum Gasteiger partial charge on any atom is 0.142 e. The predicted molar refractivity (Wildman–Crippen MR) is 115 cm³/mol. The van der Waals surface area contributed by atoms with Crippen LogP contribution in [-0.2, 0) is 12.8 Å². The molecule has 0 N–H and O–H groups in total. The van der Waals surface area contributed by atoms with E-state index < -0.39 is 23.3 Å². The highest BCUT2D eigenvalue weighted by Gasteiger charge is 2.13. The van der Waals surface area contributed by atoms with Crippen LogP contribution in [-0.4, -0.2) is 0 Å². The summed E-state index contributed by atoms with van der Waals surface area (Å²) < 4.78 is 70.3. The summed E-state index contributed by atoms with van der Waals surface area (Å²) in [5, 5.41) is 1.45. The number of halogens is 5. The quantitative estimate of drug-likeness (QED) is 0.239. The molecule has 0 amide bonds. The van der Waals surface area contributed by atoms with E-state index in [4.69, 9.17) is 0 Å². The zero-order chi connectivity index (χ0) is 22.8. The van der Waals surface area contributed by atoms with Gasteiger partial charge in [-0.25, -0.2) is 22.0 Å². The van der Waals surface area contributed by atoms with Gasteiger partial charge in [0.1, 0.15) is 29.1 Å². The van der Waals surface area contributed by atoms with Crippen molar-refractivity contribution in [1.29, 1.82) is 0 Å². The van der Waals surface area contributed by atoms with Crippen molar-refractivity contribution in [1.82, 2.24) is 0 Å². The molecule has 4 aromatic rings. The van der Waals surface area contributed by atoms with Crippen molar-refractivity contribution in [3.63, 3.8) is 0 Å². The maximum absolute atomic E-state index is 14.5. The Balaban J connectivity index is 1.56. The van der Waals surface area contributed by atoms with Crippen LogP contribution in [0, 0.1) is 47.9 Å². The third-order valence-corrected chi connectivity index (χ3v) is 5.19. The first kappa shape index (κ1) is 21.6. The van der Waals surface area contributed by atoms with Gasteiger partial charge >= 0.3 is 0 Å². The lowest BCUT2D eigenvalue weighted by molar-refractivity contribution is 0.551. The van der Waals surface area contributed by atoms with Crippen LogP contribution in [0.5, 0.6) is 0 Å². The van der Waals surface area contributed by atoms with E-state index in [1.807, 2.05) is 0 Å². The molecule has 0 heterocycles. The molecule has 160 valence electrons. The fourth-order valence-electron chi connectivity index (χ4n) is 3.56. The average molecular weight is 436 g/mol. The second-order valence-electron chi connectivity index (χ2n) is 7.60. The minimum Gasteiger partial charge on any atom is -0.207 e. The average Bonchev–Trinajstić information content (AvgIpc) is 2.72. The standard InChI is InChI=1S/C27H17F5/c1-16-10-24(29)22(25(30)11-16)9-4-18-13-26(31)23(27(32)14-18)8-3-17-2-5-20-15-21(28)7-6-19(20)12-17/h2,5-7,10-15H,4,9H2,1H3. The zero-order valence-electron chi connectivity index (χ0n) is 17.1. The number of hydrogen-bond donors (Lipinski definition) is 0. The number of rotatable bonds is 3. The van der Waals surface area contributed by atoms with Gasteiger partial charge in [-0.2, -0.15) is 0 Å². The highest BCUT2D eigenvalue weighted by molar-refractivity contribution is 5.84. The Labute approximate surface area is 182 Å². The monoisotopic (exact) mass is 436 g/mol. The highest BCUT2D eigenvalue weighted by Crippen LogP contribution is 2.21. The van der Waals surface area contributed by atoms with Crippen molar-refractivity contribution >= 4 is 10.8 Å². The van der Waals surface area contributed by atoms with Gasteiger partial charge in [0.05, 0.1) is 5.56 Å². The van der Waals surface area contributed by atoms with E-state index in [1.54, 1.807) is 31.2 Å². The van der Waals surface area contributed by atoms with E-state index in [0.717, 1.165) is 17.5 Å². The molecule has 0 aliphatic heterocycles. The van der Waals surface area contributed by atoms with Crippen LogP contribution < -0.4 is 0 Å². The van der Waals surface area contributed by atoms with E-state index in [0.29, 0.717) is 16.5 Å². The van der Waals surface area contributed by atoms with Crippen molar-refractivity contribution in [3.05, 3.63) is 118 Å². The molecule has 0 radical (unpaired) electrons. The van der Waals surface area contributed by atoms with Gasteiger partial charge in [-0.05, 0) is 90.2 Å². The summed E-state index contributed by atoms with van der Waals surface area (Å²) in [6.45, 7) is 1.58. The summed E-state index contributed by atoms with van der Waals surface area (Å²) in [6.07, 6.45) is 0.0409. The summed E-state index contributed by atoms with van der Waals surface area (Å²) in [6, 6.07) is 14.0. The molecule has 32 heavy (non-hydrogen) atoms. The molecule has 4 aromatic carbocycles. The fraction of sp³-hybridized carbons (Fsp3) is 0.111. The maximum atomic E-state index is 14.5. The van der Waals surface area contributed by atoms with Gasteiger partial charge in [0.15, 0.2) is 0 Å². The van der Waals surface area contributed by atoms with Gasteiger partial charge in [-0.3, -0.25) is 0 Å². The smallest absolute Gasteiger partial charge is 0.142 e. The van der Waals surface area contributed by atoms with Crippen LogP contribution in [0.1, 0.15) is 27.8 Å². The van der Waals surface area contributed by atoms with Crippen LogP contribution in [0.3, 0.4) is 0 Å². The minimum absolute atomic E-state index is 0.0282. The first-order chi connectivity index (χ1) is 15.3. The predicted octanol–water partition coefficient (Wildman–Crippen LogP) is 7.03. The molecular formula is C27H17F5. The number of hydrogen-bond acceptors (Lipinski definition) is 0. The Morgan fingerprint density at radius 1 is 0.625 bits per heavy atom. The van der Waals surface area contributed by atoms with E-state index in [2.05, 4.69) is 11.8 Å². The second kappa shape index (κ2) is 8.84. The first-order valence-corrected chi connectivity index (χ1v) is 9.94. The lowest BCUT2D eigenvalue weighted by Gasteiger charge is -2.08. The Hall–Kier alpha value is -3.65. The van der Waals surface area contributed by atoms with Gasteiger partial charge in [-0.1, -0.05) is 24.0 Å². The molecular weight excluding hydrogens is 419 g/mol. The largest absolute Gasteiger partial charge is 0.207 e. The topological polar surface area (TPSA) is 0 Å².